The van der Waals surface area contributed by atoms with Gasteiger partial charge in [-0.3, -0.25) is 4.79 Å². The average Bonchev–Trinajstić information content (AvgIpc) is 2.38. The molecule has 1 amide bonds. The minimum Gasteiger partial charge on any atom is -0.396 e. The molecule has 0 spiro atoms. The first-order valence-corrected chi connectivity index (χ1v) is 7.93. The van der Waals surface area contributed by atoms with Crippen molar-refractivity contribution in [1.29, 1.82) is 0 Å². The summed E-state index contributed by atoms with van der Waals surface area (Å²) < 4.78 is 5.54. The van der Waals surface area contributed by atoms with Gasteiger partial charge < -0.3 is 14.7 Å². The van der Waals surface area contributed by atoms with E-state index in [0.717, 1.165) is 19.4 Å². The number of ether oxygens (including phenoxy) is 1. The molecule has 0 radical (unpaired) electrons. The first-order chi connectivity index (χ1) is 9.40. The van der Waals surface area contributed by atoms with Gasteiger partial charge in [0.25, 0.3) is 0 Å². The van der Waals surface area contributed by atoms with E-state index in [4.69, 9.17) is 9.84 Å². The molecule has 0 bridgehead atoms. The summed E-state index contributed by atoms with van der Waals surface area (Å²) in [7, 11) is 0. The Balaban J connectivity index is 4.07. The van der Waals surface area contributed by atoms with Crippen molar-refractivity contribution in [3.63, 3.8) is 0 Å². The van der Waals surface area contributed by atoms with Crippen LogP contribution < -0.4 is 0 Å². The number of hydrogen-bond acceptors (Lipinski definition) is 3. The molecule has 0 rings (SSSR count). The van der Waals surface area contributed by atoms with Crippen molar-refractivity contribution in [1.82, 2.24) is 4.90 Å². The molecule has 0 fully saturated rings. The van der Waals surface area contributed by atoms with Crippen LogP contribution in [0.2, 0.25) is 0 Å². The van der Waals surface area contributed by atoms with Crippen LogP contribution >= 0.6 is 0 Å². The van der Waals surface area contributed by atoms with E-state index in [1.165, 1.54) is 19.3 Å². The van der Waals surface area contributed by atoms with E-state index < -0.39 is 0 Å². The Morgan fingerprint density at radius 1 is 1.05 bits per heavy atom. The van der Waals surface area contributed by atoms with E-state index in [-0.39, 0.29) is 24.7 Å². The molecule has 4 nitrogen and oxygen atoms in total. The van der Waals surface area contributed by atoms with Crippen molar-refractivity contribution in [2.75, 3.05) is 26.3 Å². The Kier molecular flexibility index (Phi) is 10.8. The minimum atomic E-state index is -0.292. The second kappa shape index (κ2) is 11.1. The largest absolute Gasteiger partial charge is 0.396 e. The zero-order valence-corrected chi connectivity index (χ0v) is 13.8. The van der Waals surface area contributed by atoms with Crippen molar-refractivity contribution in [2.45, 2.75) is 71.8 Å². The molecule has 0 aliphatic rings. The molecule has 4 heteroatoms. The predicted molar refractivity (Wildman–Crippen MR) is 82.7 cm³/mol. The molecular formula is C16H33NO3. The molecule has 20 heavy (non-hydrogen) atoms. The highest BCUT2D eigenvalue weighted by molar-refractivity contribution is 5.77. The second-order valence-corrected chi connectivity index (χ2v) is 6.27. The van der Waals surface area contributed by atoms with Crippen molar-refractivity contribution in [3.8, 4) is 0 Å². The maximum atomic E-state index is 12.1. The molecule has 0 unspecified atom stereocenters. The van der Waals surface area contributed by atoms with Crippen LogP contribution in [0.15, 0.2) is 0 Å². The lowest BCUT2D eigenvalue weighted by Gasteiger charge is -2.25. The zero-order valence-electron chi connectivity index (χ0n) is 13.8. The van der Waals surface area contributed by atoms with Crippen molar-refractivity contribution in [2.24, 2.45) is 0 Å². The van der Waals surface area contributed by atoms with Crippen LogP contribution in [-0.2, 0) is 9.53 Å². The van der Waals surface area contributed by atoms with Crippen LogP contribution in [0, 0.1) is 0 Å². The van der Waals surface area contributed by atoms with Gasteiger partial charge in [0, 0.05) is 19.7 Å². The van der Waals surface area contributed by atoms with E-state index in [9.17, 15) is 4.79 Å². The molecule has 0 aromatic heterocycles. The van der Waals surface area contributed by atoms with Crippen LogP contribution in [0.5, 0.6) is 0 Å². The van der Waals surface area contributed by atoms with Crippen molar-refractivity contribution in [3.05, 3.63) is 0 Å². The number of rotatable bonds is 11. The summed E-state index contributed by atoms with van der Waals surface area (Å²) in [5, 5.41) is 8.93. The Bertz CT molecular complexity index is 249. The monoisotopic (exact) mass is 287 g/mol. The predicted octanol–water partition coefficient (Wildman–Crippen LogP) is 2.98. The molecular weight excluding hydrogens is 254 g/mol. The van der Waals surface area contributed by atoms with Gasteiger partial charge in [-0.05, 0) is 33.6 Å². The molecule has 120 valence electrons. The van der Waals surface area contributed by atoms with Crippen LogP contribution in [0.25, 0.3) is 0 Å². The normalized spacial score (nSPS) is 11.7. The highest BCUT2D eigenvalue weighted by Crippen LogP contribution is 2.09. The summed E-state index contributed by atoms with van der Waals surface area (Å²) in [4.78, 5) is 14.0. The summed E-state index contributed by atoms with van der Waals surface area (Å²) in [6.07, 6.45) is 6.56. The van der Waals surface area contributed by atoms with Gasteiger partial charge in [-0.1, -0.05) is 32.6 Å². The van der Waals surface area contributed by atoms with Gasteiger partial charge in [-0.25, -0.2) is 0 Å². The number of aliphatic hydroxyl groups excluding tert-OH is 1. The molecule has 0 aromatic rings. The summed E-state index contributed by atoms with van der Waals surface area (Å²) in [5.41, 5.74) is -0.292. The molecule has 0 atom stereocenters. The molecule has 0 aliphatic heterocycles. The van der Waals surface area contributed by atoms with Gasteiger partial charge >= 0.3 is 0 Å². The zero-order chi connectivity index (χ0) is 15.4. The summed E-state index contributed by atoms with van der Waals surface area (Å²) in [6, 6.07) is 0. The van der Waals surface area contributed by atoms with E-state index in [1.807, 2.05) is 25.7 Å². The highest BCUT2D eigenvalue weighted by atomic mass is 16.5. The van der Waals surface area contributed by atoms with Crippen LogP contribution in [0.4, 0.5) is 0 Å². The minimum absolute atomic E-state index is 0.0314. The van der Waals surface area contributed by atoms with Crippen molar-refractivity contribution >= 4 is 5.91 Å². The number of amides is 1. The van der Waals surface area contributed by atoms with Crippen LogP contribution in [0.1, 0.15) is 66.2 Å². The Morgan fingerprint density at radius 3 is 2.20 bits per heavy atom. The lowest BCUT2D eigenvalue weighted by molar-refractivity contribution is -0.141. The van der Waals surface area contributed by atoms with Gasteiger partial charge in [0.05, 0.1) is 5.60 Å². The number of aliphatic hydroxyl groups is 1. The molecule has 0 aromatic carbocycles. The molecule has 0 saturated heterocycles. The maximum absolute atomic E-state index is 12.1. The third-order valence-corrected chi connectivity index (χ3v) is 3.10. The second-order valence-electron chi connectivity index (χ2n) is 6.27. The quantitative estimate of drug-likeness (QED) is 0.594. The van der Waals surface area contributed by atoms with E-state index in [0.29, 0.717) is 13.0 Å². The third kappa shape index (κ3) is 11.2. The van der Waals surface area contributed by atoms with Gasteiger partial charge in [-0.15, -0.1) is 0 Å². The fraction of sp³-hybridized carbons (Fsp3) is 0.938. The lowest BCUT2D eigenvalue weighted by Crippen LogP contribution is -2.38. The van der Waals surface area contributed by atoms with Crippen LogP contribution in [-0.4, -0.2) is 47.8 Å². The Hall–Kier alpha value is -0.610. The number of carbonyl (C=O) groups excluding carboxylic acids is 1. The molecule has 1 N–H and O–H groups in total. The molecule has 0 heterocycles. The fourth-order valence-electron chi connectivity index (χ4n) is 1.90. The number of carbonyl (C=O) groups is 1. The number of unbranched alkanes of at least 4 members (excludes halogenated alkanes) is 4. The Labute approximate surface area is 124 Å². The third-order valence-electron chi connectivity index (χ3n) is 3.10. The molecule has 0 aliphatic carbocycles. The topological polar surface area (TPSA) is 49.8 Å². The van der Waals surface area contributed by atoms with Gasteiger partial charge in [0.15, 0.2) is 0 Å². The summed E-state index contributed by atoms with van der Waals surface area (Å²) in [6.45, 7) is 9.69. The maximum Gasteiger partial charge on any atom is 0.248 e. The van der Waals surface area contributed by atoms with Crippen molar-refractivity contribution < 1.29 is 14.6 Å². The average molecular weight is 287 g/mol. The van der Waals surface area contributed by atoms with E-state index in [1.54, 1.807) is 0 Å². The summed E-state index contributed by atoms with van der Waals surface area (Å²) >= 11 is 0. The standard InChI is InChI=1S/C16H33NO3/c1-5-6-7-8-9-11-17(12-10-13-18)15(19)14-20-16(2,3)4/h18H,5-14H2,1-4H3. The van der Waals surface area contributed by atoms with Crippen LogP contribution in [0.3, 0.4) is 0 Å². The number of nitrogens with zero attached hydrogens (tertiary/aromatic N) is 1. The lowest BCUT2D eigenvalue weighted by atomic mass is 10.1. The van der Waals surface area contributed by atoms with Gasteiger partial charge in [-0.2, -0.15) is 0 Å². The SMILES string of the molecule is CCCCCCCN(CCCO)C(=O)COC(C)(C)C. The fourth-order valence-corrected chi connectivity index (χ4v) is 1.90. The van der Waals surface area contributed by atoms with Gasteiger partial charge in [0.1, 0.15) is 6.61 Å². The number of hydrogen-bond donors (Lipinski definition) is 1. The first kappa shape index (κ1) is 19.4. The van der Waals surface area contributed by atoms with E-state index in [2.05, 4.69) is 6.92 Å². The first-order valence-electron chi connectivity index (χ1n) is 7.93. The summed E-state index contributed by atoms with van der Waals surface area (Å²) in [5.74, 6) is 0.0314. The van der Waals surface area contributed by atoms with E-state index >= 15 is 0 Å². The molecule has 0 saturated carbocycles. The highest BCUT2D eigenvalue weighted by Gasteiger charge is 2.17. The smallest absolute Gasteiger partial charge is 0.248 e. The van der Waals surface area contributed by atoms with Gasteiger partial charge in [0.2, 0.25) is 5.91 Å². The Morgan fingerprint density at radius 2 is 1.65 bits per heavy atom.